The molecule has 4 rings (SSSR count). The summed E-state index contributed by atoms with van der Waals surface area (Å²) in [6, 6.07) is 22.7. The van der Waals surface area contributed by atoms with Crippen LogP contribution in [0.25, 0.3) is 10.9 Å². The lowest BCUT2D eigenvalue weighted by atomic mass is 10.2. The SMILES string of the molecule is O=C(OCn1nnc2ccccc2c1=O)c1ccccc1Oc1ccccc1. The minimum Gasteiger partial charge on any atom is -0.456 e. The van der Waals surface area contributed by atoms with E-state index in [4.69, 9.17) is 9.47 Å². The number of esters is 1. The highest BCUT2D eigenvalue weighted by Gasteiger charge is 2.15. The lowest BCUT2D eigenvalue weighted by Crippen LogP contribution is -2.26. The molecule has 0 bridgehead atoms. The van der Waals surface area contributed by atoms with Crippen LogP contribution in [0, 0.1) is 0 Å². The van der Waals surface area contributed by atoms with Gasteiger partial charge in [0.1, 0.15) is 22.6 Å². The molecule has 0 saturated heterocycles. The summed E-state index contributed by atoms with van der Waals surface area (Å²) < 4.78 is 12.0. The second kappa shape index (κ2) is 7.71. The maximum atomic E-state index is 12.5. The number of aromatic nitrogens is 3. The molecule has 0 unspecified atom stereocenters. The predicted molar refractivity (Wildman–Crippen MR) is 102 cm³/mol. The van der Waals surface area contributed by atoms with Crippen LogP contribution in [0.5, 0.6) is 11.5 Å². The fourth-order valence-corrected chi connectivity index (χ4v) is 2.65. The largest absolute Gasteiger partial charge is 0.456 e. The van der Waals surface area contributed by atoms with Crippen LogP contribution in [-0.4, -0.2) is 21.0 Å². The van der Waals surface area contributed by atoms with Crippen molar-refractivity contribution in [1.29, 1.82) is 0 Å². The number of nitrogens with zero attached hydrogens (tertiary/aromatic N) is 3. The molecule has 1 heterocycles. The summed E-state index contributed by atoms with van der Waals surface area (Å²) in [6.45, 7) is -0.352. The van der Waals surface area contributed by atoms with Crippen LogP contribution in [0.1, 0.15) is 10.4 Å². The van der Waals surface area contributed by atoms with Gasteiger partial charge in [-0.3, -0.25) is 4.79 Å². The van der Waals surface area contributed by atoms with E-state index in [0.29, 0.717) is 22.4 Å². The molecule has 0 saturated carbocycles. The first-order valence-corrected chi connectivity index (χ1v) is 8.54. The van der Waals surface area contributed by atoms with Gasteiger partial charge in [-0.05, 0) is 36.4 Å². The maximum Gasteiger partial charge on any atom is 0.343 e. The summed E-state index contributed by atoms with van der Waals surface area (Å²) in [7, 11) is 0. The molecule has 4 aromatic rings. The fourth-order valence-electron chi connectivity index (χ4n) is 2.65. The van der Waals surface area contributed by atoms with Crippen molar-refractivity contribution in [1.82, 2.24) is 15.0 Å². The molecule has 0 fully saturated rings. The number of hydrogen-bond donors (Lipinski definition) is 0. The zero-order valence-corrected chi connectivity index (χ0v) is 14.7. The van der Waals surface area contributed by atoms with Crippen LogP contribution < -0.4 is 10.3 Å². The minimum absolute atomic E-state index is 0.244. The Morgan fingerprint density at radius 3 is 2.46 bits per heavy atom. The number of fused-ring (bicyclic) bond motifs is 1. The molecular weight excluding hydrogens is 358 g/mol. The fraction of sp³-hybridized carbons (Fsp3) is 0.0476. The molecule has 0 N–H and O–H groups in total. The van der Waals surface area contributed by atoms with E-state index in [1.807, 2.05) is 18.2 Å². The molecule has 7 nitrogen and oxygen atoms in total. The molecule has 28 heavy (non-hydrogen) atoms. The first kappa shape index (κ1) is 17.4. The zero-order chi connectivity index (χ0) is 19.3. The van der Waals surface area contributed by atoms with Gasteiger partial charge in [0.05, 0.1) is 5.39 Å². The van der Waals surface area contributed by atoms with Crippen molar-refractivity contribution < 1.29 is 14.3 Å². The summed E-state index contributed by atoms with van der Waals surface area (Å²) in [5.41, 5.74) is 0.344. The first-order chi connectivity index (χ1) is 13.7. The van der Waals surface area contributed by atoms with Crippen molar-refractivity contribution in [3.8, 4) is 11.5 Å². The second-order valence-corrected chi connectivity index (χ2v) is 5.88. The summed E-state index contributed by atoms with van der Waals surface area (Å²) >= 11 is 0. The third-order valence-electron chi connectivity index (χ3n) is 4.03. The monoisotopic (exact) mass is 373 g/mol. The van der Waals surface area contributed by atoms with Gasteiger partial charge in [-0.2, -0.15) is 4.68 Å². The number of benzene rings is 3. The normalized spacial score (nSPS) is 10.6. The van der Waals surface area contributed by atoms with Crippen molar-refractivity contribution in [2.45, 2.75) is 6.73 Å². The van der Waals surface area contributed by atoms with Gasteiger partial charge in [-0.1, -0.05) is 47.7 Å². The van der Waals surface area contributed by atoms with E-state index in [9.17, 15) is 9.59 Å². The first-order valence-electron chi connectivity index (χ1n) is 8.54. The van der Waals surface area contributed by atoms with Crippen molar-refractivity contribution in [3.63, 3.8) is 0 Å². The van der Waals surface area contributed by atoms with E-state index >= 15 is 0 Å². The molecule has 0 radical (unpaired) electrons. The van der Waals surface area contributed by atoms with Gasteiger partial charge in [0, 0.05) is 0 Å². The molecule has 0 aliphatic rings. The molecule has 1 aromatic heterocycles. The zero-order valence-electron chi connectivity index (χ0n) is 14.7. The van der Waals surface area contributed by atoms with Crippen LogP contribution in [0.4, 0.5) is 0 Å². The van der Waals surface area contributed by atoms with Gasteiger partial charge >= 0.3 is 5.97 Å². The molecule has 0 atom stereocenters. The second-order valence-electron chi connectivity index (χ2n) is 5.88. The van der Waals surface area contributed by atoms with Crippen LogP contribution in [0.15, 0.2) is 83.7 Å². The van der Waals surface area contributed by atoms with Crippen LogP contribution in [0.3, 0.4) is 0 Å². The van der Waals surface area contributed by atoms with E-state index in [-0.39, 0.29) is 17.9 Å². The highest BCUT2D eigenvalue weighted by Crippen LogP contribution is 2.25. The summed E-state index contributed by atoms with van der Waals surface area (Å²) in [4.78, 5) is 25.0. The summed E-state index contributed by atoms with van der Waals surface area (Å²) in [6.07, 6.45) is 0. The van der Waals surface area contributed by atoms with Crippen LogP contribution in [0.2, 0.25) is 0 Å². The molecular formula is C21H15N3O4. The number of para-hydroxylation sites is 2. The Morgan fingerprint density at radius 1 is 0.893 bits per heavy atom. The predicted octanol–water partition coefficient (Wildman–Crippen LogP) is 3.40. The van der Waals surface area contributed by atoms with E-state index < -0.39 is 5.97 Å². The van der Waals surface area contributed by atoms with E-state index in [0.717, 1.165) is 4.68 Å². The molecule has 7 heteroatoms. The van der Waals surface area contributed by atoms with Gasteiger partial charge < -0.3 is 9.47 Å². The quantitative estimate of drug-likeness (QED) is 0.499. The number of hydrogen-bond acceptors (Lipinski definition) is 6. The van der Waals surface area contributed by atoms with Crippen molar-refractivity contribution in [2.75, 3.05) is 0 Å². The Kier molecular flexibility index (Phi) is 4.79. The Morgan fingerprint density at radius 2 is 1.61 bits per heavy atom. The van der Waals surface area contributed by atoms with Gasteiger partial charge in [-0.15, -0.1) is 5.10 Å². The molecule has 0 aliphatic carbocycles. The third-order valence-corrected chi connectivity index (χ3v) is 4.03. The van der Waals surface area contributed by atoms with E-state index in [1.54, 1.807) is 60.7 Å². The maximum absolute atomic E-state index is 12.5. The third kappa shape index (κ3) is 3.59. The van der Waals surface area contributed by atoms with E-state index in [1.165, 1.54) is 0 Å². The highest BCUT2D eigenvalue weighted by atomic mass is 16.5. The number of carbonyl (C=O) groups is 1. The van der Waals surface area contributed by atoms with Crippen molar-refractivity contribution in [3.05, 3.63) is 94.8 Å². The lowest BCUT2D eigenvalue weighted by molar-refractivity contribution is 0.0333. The number of ether oxygens (including phenoxy) is 2. The number of carbonyl (C=O) groups excluding carboxylic acids is 1. The van der Waals surface area contributed by atoms with Gasteiger partial charge in [0.15, 0.2) is 6.73 Å². The smallest absolute Gasteiger partial charge is 0.343 e. The summed E-state index contributed by atoms with van der Waals surface area (Å²) in [5.74, 6) is 0.323. The molecule has 3 aromatic carbocycles. The molecule has 0 amide bonds. The average molecular weight is 373 g/mol. The Bertz CT molecular complexity index is 1190. The van der Waals surface area contributed by atoms with Gasteiger partial charge in [0.25, 0.3) is 5.56 Å². The topological polar surface area (TPSA) is 83.3 Å². The van der Waals surface area contributed by atoms with Crippen molar-refractivity contribution in [2.24, 2.45) is 0 Å². The Labute approximate surface area is 159 Å². The van der Waals surface area contributed by atoms with Crippen LogP contribution >= 0.6 is 0 Å². The summed E-state index contributed by atoms with van der Waals surface area (Å²) in [5, 5.41) is 8.18. The molecule has 138 valence electrons. The van der Waals surface area contributed by atoms with E-state index in [2.05, 4.69) is 10.3 Å². The van der Waals surface area contributed by atoms with Crippen molar-refractivity contribution >= 4 is 16.9 Å². The lowest BCUT2D eigenvalue weighted by Gasteiger charge is -2.11. The standard InChI is InChI=1S/C21H15N3O4/c25-20-16-10-4-6-12-18(16)22-23-24(20)14-27-21(26)17-11-5-7-13-19(17)28-15-8-2-1-3-9-15/h1-13H,14H2. The van der Waals surface area contributed by atoms with Crippen LogP contribution in [-0.2, 0) is 11.5 Å². The minimum atomic E-state index is -0.631. The molecule has 0 spiro atoms. The number of rotatable bonds is 5. The Balaban J connectivity index is 1.53. The Hall–Kier alpha value is -4.00. The molecule has 0 aliphatic heterocycles. The van der Waals surface area contributed by atoms with Gasteiger partial charge in [-0.25, -0.2) is 4.79 Å². The highest BCUT2D eigenvalue weighted by molar-refractivity contribution is 5.92. The average Bonchev–Trinajstić information content (AvgIpc) is 2.74. The van der Waals surface area contributed by atoms with Gasteiger partial charge in [0.2, 0.25) is 0 Å².